The van der Waals surface area contributed by atoms with Gasteiger partial charge in [0.2, 0.25) is 13.2 Å². The van der Waals surface area contributed by atoms with E-state index in [9.17, 15) is 32.7 Å². The largest absolute Gasteiger partial charge is 0.454 e. The number of ether oxygens (including phenoxy) is 1. The molecule has 0 fully saturated rings. The number of nitrogens with zero attached hydrogens (tertiary/aromatic N) is 1. The molecular weight excluding hydrogens is 362 g/mol. The van der Waals surface area contributed by atoms with Crippen LogP contribution in [0.3, 0.4) is 0 Å². The van der Waals surface area contributed by atoms with Crippen LogP contribution in [0.15, 0.2) is 24.3 Å². The second kappa shape index (κ2) is 6.85. The summed E-state index contributed by atoms with van der Waals surface area (Å²) in [7, 11) is -4.05. The third-order valence-corrected chi connectivity index (χ3v) is 5.50. The van der Waals surface area contributed by atoms with Crippen LogP contribution in [-0.4, -0.2) is 16.0 Å². The van der Waals surface area contributed by atoms with E-state index in [0.29, 0.717) is 6.07 Å². The van der Waals surface area contributed by atoms with Crippen molar-refractivity contribution in [2.45, 2.75) is 13.8 Å². The first kappa shape index (κ1) is 19.0. The summed E-state index contributed by atoms with van der Waals surface area (Å²) in [6, 6.07) is 3.44. The normalized spacial score (nSPS) is 13.4. The van der Waals surface area contributed by atoms with E-state index in [2.05, 4.69) is 0 Å². The van der Waals surface area contributed by atoms with Crippen LogP contribution >= 0.6 is 7.37 Å². The summed E-state index contributed by atoms with van der Waals surface area (Å²) in [5.74, 6) is -4.98. The lowest BCUT2D eigenvalue weighted by Gasteiger charge is -2.13. The standard InChI is InChI=1S/C15H13F3NO5P/c1-3-25(22,23)13-6-9(4-5-11(13)19(20)21)24-12-7-10(16)8(2)14(17)15(12)18/h4-7H,3H2,1-2H3,(H,22,23). The molecule has 2 rings (SSSR count). The second-order valence-electron chi connectivity index (χ2n) is 5.14. The fourth-order valence-corrected chi connectivity index (χ4v) is 3.22. The molecule has 1 atom stereocenters. The fraction of sp³-hybridized carbons (Fsp3) is 0.200. The van der Waals surface area contributed by atoms with Crippen molar-refractivity contribution in [1.29, 1.82) is 0 Å². The van der Waals surface area contributed by atoms with Crippen LogP contribution in [0.1, 0.15) is 12.5 Å². The van der Waals surface area contributed by atoms with Gasteiger partial charge in [-0.1, -0.05) is 6.92 Å². The maximum atomic E-state index is 13.9. The molecule has 0 saturated carbocycles. The zero-order valence-corrected chi connectivity index (χ0v) is 14.0. The summed E-state index contributed by atoms with van der Waals surface area (Å²) in [5, 5.41) is 10.5. The van der Waals surface area contributed by atoms with Gasteiger partial charge in [0.15, 0.2) is 11.6 Å². The van der Waals surface area contributed by atoms with Gasteiger partial charge in [0, 0.05) is 29.9 Å². The topological polar surface area (TPSA) is 89.7 Å². The summed E-state index contributed by atoms with van der Waals surface area (Å²) in [6.45, 7) is 2.41. The van der Waals surface area contributed by atoms with E-state index in [1.54, 1.807) is 0 Å². The lowest BCUT2D eigenvalue weighted by Crippen LogP contribution is -2.12. The molecule has 0 heterocycles. The Bertz CT molecular complexity index is 903. The predicted octanol–water partition coefficient (Wildman–Crippen LogP) is 4.03. The molecule has 0 saturated heterocycles. The van der Waals surface area contributed by atoms with Crippen molar-refractivity contribution in [2.24, 2.45) is 0 Å². The summed E-state index contributed by atoms with van der Waals surface area (Å²) in [6.07, 6.45) is -0.278. The van der Waals surface area contributed by atoms with Crippen molar-refractivity contribution in [3.8, 4) is 11.5 Å². The fourth-order valence-electron chi connectivity index (χ4n) is 2.04. The first-order valence-electron chi connectivity index (χ1n) is 7.01. The molecule has 134 valence electrons. The van der Waals surface area contributed by atoms with E-state index >= 15 is 0 Å². The third kappa shape index (κ3) is 3.67. The predicted molar refractivity (Wildman–Crippen MR) is 84.2 cm³/mol. The highest BCUT2D eigenvalue weighted by atomic mass is 31.2. The number of hydrogen-bond donors (Lipinski definition) is 1. The summed E-state index contributed by atoms with van der Waals surface area (Å²) in [4.78, 5) is 20.1. The first-order valence-corrected chi connectivity index (χ1v) is 8.85. The smallest absolute Gasteiger partial charge is 0.282 e. The Kier molecular flexibility index (Phi) is 5.20. The maximum Gasteiger partial charge on any atom is 0.282 e. The molecule has 1 unspecified atom stereocenters. The van der Waals surface area contributed by atoms with Crippen LogP contribution in [0.25, 0.3) is 0 Å². The Morgan fingerprint density at radius 3 is 2.44 bits per heavy atom. The van der Waals surface area contributed by atoms with Gasteiger partial charge in [0.1, 0.15) is 16.9 Å². The minimum atomic E-state index is -4.05. The molecule has 6 nitrogen and oxygen atoms in total. The van der Waals surface area contributed by atoms with E-state index in [-0.39, 0.29) is 11.9 Å². The van der Waals surface area contributed by atoms with Gasteiger partial charge in [-0.15, -0.1) is 0 Å². The summed E-state index contributed by atoms with van der Waals surface area (Å²) >= 11 is 0. The van der Waals surface area contributed by atoms with Gasteiger partial charge in [-0.05, 0) is 13.0 Å². The van der Waals surface area contributed by atoms with E-state index in [1.165, 1.54) is 6.92 Å². The molecule has 0 aliphatic rings. The Labute approximate surface area is 140 Å². The monoisotopic (exact) mass is 375 g/mol. The summed E-state index contributed by atoms with van der Waals surface area (Å²) < 4.78 is 58.2. The van der Waals surface area contributed by atoms with E-state index < -0.39 is 52.0 Å². The molecule has 0 aliphatic carbocycles. The SMILES string of the molecule is CCP(=O)(O)c1cc(Oc2cc(F)c(C)c(F)c2F)ccc1[N+](=O)[O-]. The van der Waals surface area contributed by atoms with Gasteiger partial charge < -0.3 is 9.63 Å². The van der Waals surface area contributed by atoms with E-state index in [1.807, 2.05) is 0 Å². The van der Waals surface area contributed by atoms with Crippen LogP contribution in [0.2, 0.25) is 0 Å². The minimum Gasteiger partial charge on any atom is -0.454 e. The molecule has 10 heteroatoms. The van der Waals surface area contributed by atoms with E-state index in [0.717, 1.165) is 25.1 Å². The number of hydrogen-bond acceptors (Lipinski definition) is 4. The number of benzene rings is 2. The van der Waals surface area contributed by atoms with Gasteiger partial charge in [0.25, 0.3) is 5.69 Å². The zero-order chi connectivity index (χ0) is 18.9. The number of nitro benzene ring substituents is 1. The average Bonchev–Trinajstić information content (AvgIpc) is 2.57. The summed E-state index contributed by atoms with van der Waals surface area (Å²) in [5.41, 5.74) is -1.14. The van der Waals surface area contributed by atoms with Crippen LogP contribution in [0.5, 0.6) is 11.5 Å². The molecule has 0 amide bonds. The maximum absolute atomic E-state index is 13.9. The van der Waals surface area contributed by atoms with Crippen LogP contribution < -0.4 is 10.0 Å². The molecule has 1 N–H and O–H groups in total. The van der Waals surface area contributed by atoms with Crippen molar-refractivity contribution in [2.75, 3.05) is 6.16 Å². The Morgan fingerprint density at radius 1 is 1.24 bits per heavy atom. The van der Waals surface area contributed by atoms with Crippen LogP contribution in [0, 0.1) is 34.5 Å². The molecule has 2 aromatic rings. The number of halogens is 3. The van der Waals surface area contributed by atoms with Crippen molar-refractivity contribution in [3.05, 3.63) is 57.4 Å². The molecular formula is C15H13F3NO5P. The van der Waals surface area contributed by atoms with Crippen molar-refractivity contribution in [3.63, 3.8) is 0 Å². The minimum absolute atomic E-state index is 0.273. The van der Waals surface area contributed by atoms with Crippen molar-refractivity contribution >= 4 is 18.4 Å². The quantitative estimate of drug-likeness (QED) is 0.369. The zero-order valence-electron chi connectivity index (χ0n) is 13.1. The number of rotatable bonds is 5. The molecule has 0 radical (unpaired) electrons. The second-order valence-corrected chi connectivity index (χ2v) is 7.65. The van der Waals surface area contributed by atoms with Gasteiger partial charge in [-0.2, -0.15) is 4.39 Å². The van der Waals surface area contributed by atoms with E-state index in [4.69, 9.17) is 4.74 Å². The van der Waals surface area contributed by atoms with Crippen LogP contribution in [0.4, 0.5) is 18.9 Å². The van der Waals surface area contributed by atoms with Crippen molar-refractivity contribution < 1.29 is 32.3 Å². The highest BCUT2D eigenvalue weighted by molar-refractivity contribution is 7.66. The molecule has 0 aliphatic heterocycles. The number of nitro groups is 1. The third-order valence-electron chi connectivity index (χ3n) is 3.53. The van der Waals surface area contributed by atoms with Gasteiger partial charge in [-0.3, -0.25) is 14.7 Å². The highest BCUT2D eigenvalue weighted by Crippen LogP contribution is 2.43. The average molecular weight is 375 g/mol. The van der Waals surface area contributed by atoms with Crippen molar-refractivity contribution in [1.82, 2.24) is 0 Å². The van der Waals surface area contributed by atoms with Crippen LogP contribution in [-0.2, 0) is 4.57 Å². The Balaban J connectivity index is 2.54. The molecule has 0 bridgehead atoms. The molecule has 2 aromatic carbocycles. The Hall–Kier alpha value is -2.38. The Morgan fingerprint density at radius 2 is 1.88 bits per heavy atom. The lowest BCUT2D eigenvalue weighted by atomic mass is 10.2. The molecule has 0 aromatic heterocycles. The van der Waals surface area contributed by atoms with Gasteiger partial charge in [-0.25, -0.2) is 8.78 Å². The van der Waals surface area contributed by atoms with Gasteiger partial charge >= 0.3 is 0 Å². The lowest BCUT2D eigenvalue weighted by molar-refractivity contribution is -0.383. The molecule has 0 spiro atoms. The van der Waals surface area contributed by atoms with Gasteiger partial charge in [0.05, 0.1) is 4.92 Å². The molecule has 25 heavy (non-hydrogen) atoms. The first-order chi connectivity index (χ1) is 11.6. The highest BCUT2D eigenvalue weighted by Gasteiger charge is 2.29.